The molecular weight excluding hydrogens is 336 g/mol. The number of benzene rings is 2. The van der Waals surface area contributed by atoms with Crippen molar-refractivity contribution in [1.82, 2.24) is 0 Å². The Morgan fingerprint density at radius 2 is 1.67 bits per heavy atom. The molecule has 0 unspecified atom stereocenters. The van der Waals surface area contributed by atoms with Crippen LogP contribution in [0, 0.1) is 6.92 Å². The molecule has 0 atom stereocenters. The summed E-state index contributed by atoms with van der Waals surface area (Å²) < 4.78 is 5.21. The number of carboxylic acid groups (broad SMARTS) is 1. The van der Waals surface area contributed by atoms with Crippen molar-refractivity contribution in [2.75, 3.05) is 7.11 Å². The zero-order chi connectivity index (χ0) is 20.0. The lowest BCUT2D eigenvalue weighted by Gasteiger charge is -2.44. The number of rotatable bonds is 4. The summed E-state index contributed by atoms with van der Waals surface area (Å²) in [7, 11) is 1.68. The molecule has 0 aliphatic heterocycles. The molecule has 0 heterocycles. The summed E-state index contributed by atoms with van der Waals surface area (Å²) in [6, 6.07) is 10.2. The Hall–Kier alpha value is -2.13. The van der Waals surface area contributed by atoms with E-state index in [2.05, 4.69) is 33.8 Å². The van der Waals surface area contributed by atoms with Crippen LogP contribution < -0.4 is 0 Å². The third-order valence-corrected chi connectivity index (χ3v) is 6.07. The summed E-state index contributed by atoms with van der Waals surface area (Å²) in [5.74, 6) is -0.856. The van der Waals surface area contributed by atoms with Gasteiger partial charge in [-0.1, -0.05) is 58.0 Å². The molecule has 0 aromatic heterocycles. The van der Waals surface area contributed by atoms with Gasteiger partial charge in [0.05, 0.1) is 12.2 Å². The van der Waals surface area contributed by atoms with Crippen molar-refractivity contribution in [2.45, 2.75) is 64.9 Å². The molecule has 3 heteroatoms. The van der Waals surface area contributed by atoms with Crippen LogP contribution in [-0.4, -0.2) is 18.2 Å². The minimum atomic E-state index is -0.856. The fourth-order valence-electron chi connectivity index (χ4n) is 4.44. The molecular formula is C24H30O3. The lowest BCUT2D eigenvalue weighted by Crippen LogP contribution is -2.35. The molecule has 0 amide bonds. The topological polar surface area (TPSA) is 46.5 Å². The highest BCUT2D eigenvalue weighted by Gasteiger charge is 2.40. The van der Waals surface area contributed by atoms with Gasteiger partial charge in [0.15, 0.2) is 0 Å². The van der Waals surface area contributed by atoms with Gasteiger partial charge in [-0.2, -0.15) is 0 Å². The Morgan fingerprint density at radius 3 is 2.22 bits per heavy atom. The molecule has 1 N–H and O–H groups in total. The van der Waals surface area contributed by atoms with E-state index in [1.165, 1.54) is 11.1 Å². The highest BCUT2D eigenvalue weighted by Crippen LogP contribution is 2.51. The molecule has 1 aliphatic carbocycles. The zero-order valence-corrected chi connectivity index (χ0v) is 17.3. The first kappa shape index (κ1) is 19.6. The Labute approximate surface area is 162 Å². The van der Waals surface area contributed by atoms with Crippen molar-refractivity contribution in [1.29, 1.82) is 0 Å². The first-order valence-corrected chi connectivity index (χ1v) is 9.58. The van der Waals surface area contributed by atoms with Gasteiger partial charge in [0.2, 0.25) is 0 Å². The minimum absolute atomic E-state index is 0.0391. The second-order valence-electron chi connectivity index (χ2n) is 9.07. The molecule has 2 aromatic carbocycles. The van der Waals surface area contributed by atoms with Crippen molar-refractivity contribution in [2.24, 2.45) is 0 Å². The van der Waals surface area contributed by atoms with Crippen molar-refractivity contribution in [3.63, 3.8) is 0 Å². The molecule has 144 valence electrons. The van der Waals surface area contributed by atoms with E-state index >= 15 is 0 Å². The van der Waals surface area contributed by atoms with Gasteiger partial charge in [-0.15, -0.1) is 0 Å². The zero-order valence-electron chi connectivity index (χ0n) is 17.3. The summed E-state index contributed by atoms with van der Waals surface area (Å²) in [5, 5.41) is 10.0. The van der Waals surface area contributed by atoms with Crippen molar-refractivity contribution in [3.8, 4) is 11.1 Å². The maximum Gasteiger partial charge on any atom is 0.336 e. The van der Waals surface area contributed by atoms with E-state index in [4.69, 9.17) is 4.74 Å². The van der Waals surface area contributed by atoms with Crippen LogP contribution in [0.25, 0.3) is 11.1 Å². The summed E-state index contributed by atoms with van der Waals surface area (Å²) in [5.41, 5.74) is 6.66. The van der Waals surface area contributed by atoms with Gasteiger partial charge in [-0.25, -0.2) is 4.79 Å². The highest BCUT2D eigenvalue weighted by molar-refractivity contribution is 5.99. The standard InChI is InChI=1S/C24H30O3/c1-15-13-18-21(24(4,5)12-11-23(18,2)3)20(19(15)22(25)26)17-9-7-16(8-10-17)14-27-6/h7-10,13H,11-12,14H2,1-6H3,(H,25,26). The molecule has 27 heavy (non-hydrogen) atoms. The lowest BCUT2D eigenvalue weighted by molar-refractivity contribution is 0.0696. The number of carbonyl (C=O) groups is 1. The fourth-order valence-corrected chi connectivity index (χ4v) is 4.44. The third kappa shape index (κ3) is 3.41. The molecule has 0 radical (unpaired) electrons. The minimum Gasteiger partial charge on any atom is -0.478 e. The van der Waals surface area contributed by atoms with E-state index < -0.39 is 5.97 Å². The highest BCUT2D eigenvalue weighted by atomic mass is 16.5. The number of fused-ring (bicyclic) bond motifs is 1. The van der Waals surface area contributed by atoms with Crippen LogP contribution >= 0.6 is 0 Å². The molecule has 0 spiro atoms. The normalized spacial score (nSPS) is 17.4. The maximum absolute atomic E-state index is 12.2. The van der Waals surface area contributed by atoms with Gasteiger partial charge in [-0.05, 0) is 58.4 Å². The molecule has 3 nitrogen and oxygen atoms in total. The molecule has 0 saturated heterocycles. The first-order chi connectivity index (χ1) is 12.6. The van der Waals surface area contributed by atoms with Gasteiger partial charge in [0.1, 0.15) is 0 Å². The monoisotopic (exact) mass is 366 g/mol. The van der Waals surface area contributed by atoms with Crippen molar-refractivity contribution in [3.05, 3.63) is 58.1 Å². The number of hydrogen-bond acceptors (Lipinski definition) is 2. The molecule has 0 saturated carbocycles. The van der Waals surface area contributed by atoms with E-state index in [1.54, 1.807) is 7.11 Å². The third-order valence-electron chi connectivity index (χ3n) is 6.07. The quantitative estimate of drug-likeness (QED) is 0.737. The Morgan fingerprint density at radius 1 is 1.07 bits per heavy atom. The molecule has 0 fully saturated rings. The summed E-state index contributed by atoms with van der Waals surface area (Å²) >= 11 is 0. The summed E-state index contributed by atoms with van der Waals surface area (Å²) in [6.07, 6.45) is 2.15. The predicted octanol–water partition coefficient (Wildman–Crippen LogP) is 5.86. The number of carboxylic acids is 1. The van der Waals surface area contributed by atoms with Crippen LogP contribution in [0.4, 0.5) is 0 Å². The van der Waals surface area contributed by atoms with Crippen LogP contribution in [0.3, 0.4) is 0 Å². The Balaban J connectivity index is 2.37. The van der Waals surface area contributed by atoms with Crippen LogP contribution in [0.2, 0.25) is 0 Å². The number of aromatic carboxylic acids is 1. The second-order valence-corrected chi connectivity index (χ2v) is 9.07. The summed E-state index contributed by atoms with van der Waals surface area (Å²) in [6.45, 7) is 11.5. The smallest absolute Gasteiger partial charge is 0.336 e. The van der Waals surface area contributed by atoms with Crippen LogP contribution in [0.15, 0.2) is 30.3 Å². The molecule has 0 bridgehead atoms. The summed E-state index contributed by atoms with van der Waals surface area (Å²) in [4.78, 5) is 12.2. The van der Waals surface area contributed by atoms with E-state index in [1.807, 2.05) is 31.2 Å². The SMILES string of the molecule is COCc1ccc(-c2c(C(=O)O)c(C)cc3c2C(C)(C)CCC3(C)C)cc1. The van der Waals surface area contributed by atoms with E-state index in [0.717, 1.165) is 35.1 Å². The Bertz CT molecular complexity index is 873. The lowest BCUT2D eigenvalue weighted by atomic mass is 9.60. The Kier molecular flexibility index (Phi) is 4.94. The molecule has 3 rings (SSSR count). The molecule has 1 aliphatic rings. The maximum atomic E-state index is 12.2. The van der Waals surface area contributed by atoms with Crippen LogP contribution in [0.1, 0.15) is 73.1 Å². The van der Waals surface area contributed by atoms with Gasteiger partial charge in [0.25, 0.3) is 0 Å². The van der Waals surface area contributed by atoms with Crippen molar-refractivity contribution >= 4 is 5.97 Å². The van der Waals surface area contributed by atoms with Gasteiger partial charge in [0, 0.05) is 12.7 Å². The first-order valence-electron chi connectivity index (χ1n) is 9.58. The van der Waals surface area contributed by atoms with Crippen LogP contribution in [0.5, 0.6) is 0 Å². The van der Waals surface area contributed by atoms with Gasteiger partial charge >= 0.3 is 5.97 Å². The average molecular weight is 367 g/mol. The fraction of sp³-hybridized carbons (Fsp3) is 0.458. The number of ether oxygens (including phenoxy) is 1. The van der Waals surface area contributed by atoms with Gasteiger partial charge in [-0.3, -0.25) is 0 Å². The number of methoxy groups -OCH3 is 1. The van der Waals surface area contributed by atoms with E-state index in [0.29, 0.717) is 12.2 Å². The second kappa shape index (κ2) is 6.79. The van der Waals surface area contributed by atoms with E-state index in [-0.39, 0.29) is 10.8 Å². The van der Waals surface area contributed by atoms with E-state index in [9.17, 15) is 9.90 Å². The van der Waals surface area contributed by atoms with Crippen LogP contribution in [-0.2, 0) is 22.2 Å². The average Bonchev–Trinajstić information content (AvgIpc) is 2.59. The van der Waals surface area contributed by atoms with Gasteiger partial charge < -0.3 is 9.84 Å². The number of hydrogen-bond donors (Lipinski definition) is 1. The number of aryl methyl sites for hydroxylation is 1. The largest absolute Gasteiger partial charge is 0.478 e. The predicted molar refractivity (Wildman–Crippen MR) is 110 cm³/mol. The molecule has 2 aromatic rings. The van der Waals surface area contributed by atoms with Crippen molar-refractivity contribution < 1.29 is 14.6 Å².